The van der Waals surface area contributed by atoms with Crippen molar-refractivity contribution in [3.05, 3.63) is 0 Å². The molecule has 1 N–H and O–H groups in total. The molecule has 0 aromatic heterocycles. The van der Waals surface area contributed by atoms with Crippen LogP contribution in [0.25, 0.3) is 0 Å². The molecule has 2 saturated heterocycles. The molecule has 3 aliphatic rings. The Kier molecular flexibility index (Phi) is 1.60. The van der Waals surface area contributed by atoms with Gasteiger partial charge in [0.2, 0.25) is 0 Å². The topological polar surface area (TPSA) is 38.3 Å². The van der Waals surface area contributed by atoms with E-state index in [1.54, 1.807) is 0 Å². The monoisotopic (exact) mass is 155 g/mol. The molecule has 1 aliphatic carbocycles. The van der Waals surface area contributed by atoms with Crippen molar-refractivity contribution in [1.29, 1.82) is 0 Å². The Morgan fingerprint density at radius 1 is 1.36 bits per heavy atom. The van der Waals surface area contributed by atoms with E-state index in [1.807, 2.05) is 0 Å². The molecule has 0 aromatic rings. The van der Waals surface area contributed by atoms with Gasteiger partial charge in [-0.1, -0.05) is 0 Å². The third-order valence-corrected chi connectivity index (χ3v) is 2.71. The quantitative estimate of drug-likeness (QED) is 0.553. The molecule has 2 aliphatic heterocycles. The molecular weight excluding hydrogens is 142 g/mol. The fourth-order valence-corrected chi connectivity index (χ4v) is 2.12. The second kappa shape index (κ2) is 2.48. The van der Waals surface area contributed by atoms with E-state index >= 15 is 0 Å². The van der Waals surface area contributed by atoms with Crippen molar-refractivity contribution in [1.82, 2.24) is 5.32 Å². The Balaban J connectivity index is 1.92. The van der Waals surface area contributed by atoms with E-state index < -0.39 is 0 Å². The minimum absolute atomic E-state index is 0.0267. The molecule has 0 radical (unpaired) electrons. The van der Waals surface area contributed by atoms with Gasteiger partial charge < -0.3 is 10.1 Å². The Hall–Kier alpha value is -0.570. The Morgan fingerprint density at radius 3 is 2.36 bits per heavy atom. The second-order valence-corrected chi connectivity index (χ2v) is 3.49. The lowest BCUT2D eigenvalue weighted by Crippen LogP contribution is -2.58. The summed E-state index contributed by atoms with van der Waals surface area (Å²) in [7, 11) is 1.47. The van der Waals surface area contributed by atoms with E-state index in [0.29, 0.717) is 12.1 Å². The molecule has 2 atom stereocenters. The fourth-order valence-electron chi connectivity index (χ4n) is 2.12. The molecular formula is C8H13NO2. The van der Waals surface area contributed by atoms with Crippen molar-refractivity contribution in [2.45, 2.75) is 31.3 Å². The van der Waals surface area contributed by atoms with Crippen LogP contribution in [0.15, 0.2) is 0 Å². The zero-order chi connectivity index (χ0) is 7.84. The zero-order valence-electron chi connectivity index (χ0n) is 6.67. The predicted octanol–water partition coefficient (Wildman–Crippen LogP) is 0.300. The molecule has 62 valence electrons. The molecule has 3 fully saturated rings. The van der Waals surface area contributed by atoms with Gasteiger partial charge in [0.1, 0.15) is 0 Å². The van der Waals surface area contributed by atoms with Gasteiger partial charge in [-0.15, -0.1) is 0 Å². The van der Waals surface area contributed by atoms with E-state index in [4.69, 9.17) is 4.74 Å². The summed E-state index contributed by atoms with van der Waals surface area (Å²) in [6, 6.07) is 1.19. The standard InChI is InChI=1S/C8H13NO2/c1-11-8(10)5-2-6-4-7(3-5)9-6/h5-7,9H,2-4H2,1H3. The zero-order valence-corrected chi connectivity index (χ0v) is 6.67. The highest BCUT2D eigenvalue weighted by atomic mass is 16.5. The Bertz CT molecular complexity index is 165. The lowest BCUT2D eigenvalue weighted by molar-refractivity contribution is -0.148. The SMILES string of the molecule is COC(=O)C1CC2CC(C1)N2. The van der Waals surface area contributed by atoms with Crippen LogP contribution in [0.3, 0.4) is 0 Å². The number of carbonyl (C=O) groups excluding carboxylic acids is 1. The minimum atomic E-state index is -0.0267. The van der Waals surface area contributed by atoms with Gasteiger partial charge in [0, 0.05) is 12.1 Å². The van der Waals surface area contributed by atoms with Crippen molar-refractivity contribution < 1.29 is 9.53 Å². The maximum Gasteiger partial charge on any atom is 0.308 e. The lowest BCUT2D eigenvalue weighted by atomic mass is 9.76. The Labute approximate surface area is 66.1 Å². The number of methoxy groups -OCH3 is 1. The summed E-state index contributed by atoms with van der Waals surface area (Å²) in [6.07, 6.45) is 3.21. The van der Waals surface area contributed by atoms with Gasteiger partial charge in [0.25, 0.3) is 0 Å². The summed E-state index contributed by atoms with van der Waals surface area (Å²) in [5.41, 5.74) is 0. The molecule has 3 rings (SSSR count). The van der Waals surface area contributed by atoms with Crippen molar-refractivity contribution in [3.8, 4) is 0 Å². The van der Waals surface area contributed by atoms with Gasteiger partial charge >= 0.3 is 5.97 Å². The largest absolute Gasteiger partial charge is 0.469 e. The van der Waals surface area contributed by atoms with E-state index in [-0.39, 0.29) is 11.9 Å². The normalized spacial score (nSPS) is 41.0. The number of esters is 1. The number of piperidine rings is 1. The van der Waals surface area contributed by atoms with Crippen LogP contribution in [0.4, 0.5) is 0 Å². The van der Waals surface area contributed by atoms with Crippen molar-refractivity contribution >= 4 is 5.97 Å². The van der Waals surface area contributed by atoms with Crippen LogP contribution in [-0.2, 0) is 9.53 Å². The Morgan fingerprint density at radius 2 is 1.91 bits per heavy atom. The summed E-state index contributed by atoms with van der Waals surface area (Å²) in [4.78, 5) is 11.1. The second-order valence-electron chi connectivity index (χ2n) is 3.49. The van der Waals surface area contributed by atoms with Crippen LogP contribution in [0.5, 0.6) is 0 Å². The molecule has 2 unspecified atom stereocenters. The predicted molar refractivity (Wildman–Crippen MR) is 40.1 cm³/mol. The molecule has 0 spiro atoms. The van der Waals surface area contributed by atoms with Gasteiger partial charge in [-0.05, 0) is 19.3 Å². The number of nitrogens with one attached hydrogen (secondary N) is 1. The summed E-state index contributed by atoms with van der Waals surface area (Å²) in [5, 5.41) is 3.38. The number of fused-ring (bicyclic) bond motifs is 2. The van der Waals surface area contributed by atoms with Crippen molar-refractivity contribution in [2.75, 3.05) is 7.11 Å². The van der Waals surface area contributed by atoms with Gasteiger partial charge in [-0.2, -0.15) is 0 Å². The number of carbonyl (C=O) groups is 1. The number of ether oxygens (including phenoxy) is 1. The first kappa shape index (κ1) is 7.10. The van der Waals surface area contributed by atoms with E-state index in [1.165, 1.54) is 13.5 Å². The van der Waals surface area contributed by atoms with Crippen LogP contribution in [0.1, 0.15) is 19.3 Å². The van der Waals surface area contributed by atoms with Crippen LogP contribution in [-0.4, -0.2) is 25.2 Å². The third kappa shape index (κ3) is 1.13. The van der Waals surface area contributed by atoms with Crippen LogP contribution >= 0.6 is 0 Å². The highest BCUT2D eigenvalue weighted by Gasteiger charge is 2.40. The summed E-state index contributed by atoms with van der Waals surface area (Å²) < 4.78 is 4.69. The molecule has 2 heterocycles. The molecule has 0 aromatic carbocycles. The molecule has 3 nitrogen and oxygen atoms in total. The number of rotatable bonds is 1. The van der Waals surface area contributed by atoms with E-state index in [2.05, 4.69) is 5.32 Å². The molecule has 11 heavy (non-hydrogen) atoms. The molecule has 3 heteroatoms. The molecule has 2 bridgehead atoms. The van der Waals surface area contributed by atoms with Crippen LogP contribution < -0.4 is 5.32 Å². The highest BCUT2D eigenvalue weighted by molar-refractivity contribution is 5.72. The lowest BCUT2D eigenvalue weighted by Gasteiger charge is -2.45. The first-order valence-electron chi connectivity index (χ1n) is 4.13. The van der Waals surface area contributed by atoms with Crippen LogP contribution in [0, 0.1) is 5.92 Å². The average Bonchev–Trinajstić information content (AvgIpc) is 2.02. The third-order valence-electron chi connectivity index (χ3n) is 2.71. The average molecular weight is 155 g/mol. The summed E-state index contributed by atoms with van der Waals surface area (Å²) in [5.74, 6) is 0.145. The first-order chi connectivity index (χ1) is 5.29. The molecule has 1 saturated carbocycles. The first-order valence-corrected chi connectivity index (χ1v) is 4.13. The van der Waals surface area contributed by atoms with E-state index in [9.17, 15) is 4.79 Å². The van der Waals surface area contributed by atoms with Gasteiger partial charge in [-0.3, -0.25) is 4.79 Å². The molecule has 0 amide bonds. The maximum absolute atomic E-state index is 11.1. The van der Waals surface area contributed by atoms with Gasteiger partial charge in [-0.25, -0.2) is 0 Å². The van der Waals surface area contributed by atoms with Gasteiger partial charge in [0.15, 0.2) is 0 Å². The fraction of sp³-hybridized carbons (Fsp3) is 0.875. The minimum Gasteiger partial charge on any atom is -0.469 e. The van der Waals surface area contributed by atoms with Crippen molar-refractivity contribution in [3.63, 3.8) is 0 Å². The summed E-state index contributed by atoms with van der Waals surface area (Å²) in [6.45, 7) is 0. The van der Waals surface area contributed by atoms with Crippen molar-refractivity contribution in [2.24, 2.45) is 5.92 Å². The van der Waals surface area contributed by atoms with Gasteiger partial charge in [0.05, 0.1) is 13.0 Å². The van der Waals surface area contributed by atoms with E-state index in [0.717, 1.165) is 12.8 Å². The number of hydrogen-bond donors (Lipinski definition) is 1. The maximum atomic E-state index is 11.1. The summed E-state index contributed by atoms with van der Waals surface area (Å²) >= 11 is 0. The smallest absolute Gasteiger partial charge is 0.308 e. The van der Waals surface area contributed by atoms with Crippen LogP contribution in [0.2, 0.25) is 0 Å². The highest BCUT2D eigenvalue weighted by Crippen LogP contribution is 2.32. The number of hydrogen-bond acceptors (Lipinski definition) is 3.